The lowest BCUT2D eigenvalue weighted by Crippen LogP contribution is -2.16. The number of aromatic nitrogens is 2. The van der Waals surface area contributed by atoms with Crippen LogP contribution < -0.4 is 14.8 Å². The highest BCUT2D eigenvalue weighted by molar-refractivity contribution is 8.00. The molecule has 0 fully saturated rings. The van der Waals surface area contributed by atoms with Crippen molar-refractivity contribution < 1.29 is 28.9 Å². The topological polar surface area (TPSA) is 112 Å². The van der Waals surface area contributed by atoms with Crippen molar-refractivity contribution in [2.45, 2.75) is 25.4 Å². The van der Waals surface area contributed by atoms with Gasteiger partial charge in [0.1, 0.15) is 17.3 Å². The lowest BCUT2D eigenvalue weighted by molar-refractivity contribution is -0.113. The van der Waals surface area contributed by atoms with Gasteiger partial charge < -0.3 is 29.2 Å². The maximum atomic E-state index is 12.5. The van der Waals surface area contributed by atoms with Crippen LogP contribution in [0.1, 0.15) is 27.0 Å². The number of aromatic hydroxyl groups is 1. The van der Waals surface area contributed by atoms with E-state index in [1.165, 1.54) is 37.2 Å². The second-order valence-corrected chi connectivity index (χ2v) is 8.41. The van der Waals surface area contributed by atoms with Gasteiger partial charge in [-0.2, -0.15) is 0 Å². The number of esters is 1. The van der Waals surface area contributed by atoms with Gasteiger partial charge in [0.05, 0.1) is 44.2 Å². The summed E-state index contributed by atoms with van der Waals surface area (Å²) in [7, 11) is 4.45. The smallest absolute Gasteiger partial charge is 0.339 e. The van der Waals surface area contributed by atoms with Crippen molar-refractivity contribution in [3.63, 3.8) is 0 Å². The van der Waals surface area contributed by atoms with Gasteiger partial charge in [-0.3, -0.25) is 4.79 Å². The van der Waals surface area contributed by atoms with Crippen molar-refractivity contribution in [1.82, 2.24) is 9.55 Å². The molecule has 10 heteroatoms. The van der Waals surface area contributed by atoms with Crippen LogP contribution in [0.4, 0.5) is 5.82 Å². The zero-order valence-electron chi connectivity index (χ0n) is 19.7. The zero-order valence-corrected chi connectivity index (χ0v) is 20.5. The van der Waals surface area contributed by atoms with Gasteiger partial charge in [-0.1, -0.05) is 11.8 Å². The van der Waals surface area contributed by atoms with Crippen molar-refractivity contribution in [1.29, 1.82) is 0 Å². The first kappa shape index (κ1) is 25.0. The zero-order chi connectivity index (χ0) is 24.8. The first-order chi connectivity index (χ1) is 16.3. The third-order valence-corrected chi connectivity index (χ3v) is 6.47. The highest BCUT2D eigenvalue weighted by Crippen LogP contribution is 2.35. The summed E-state index contributed by atoms with van der Waals surface area (Å²) < 4.78 is 17.1. The van der Waals surface area contributed by atoms with Crippen molar-refractivity contribution in [3.8, 4) is 17.4 Å². The Morgan fingerprint density at radius 3 is 2.29 bits per heavy atom. The van der Waals surface area contributed by atoms with E-state index in [2.05, 4.69) is 15.0 Å². The maximum absolute atomic E-state index is 12.5. The molecule has 1 amide bonds. The fourth-order valence-corrected chi connectivity index (χ4v) is 4.34. The molecule has 0 saturated carbocycles. The Morgan fingerprint density at radius 1 is 1.06 bits per heavy atom. The lowest BCUT2D eigenvalue weighted by atomic mass is 10.2. The van der Waals surface area contributed by atoms with Crippen LogP contribution in [0.5, 0.6) is 17.4 Å². The number of ether oxygens (including phenoxy) is 3. The van der Waals surface area contributed by atoms with E-state index in [1.54, 1.807) is 24.9 Å². The number of pyridine rings is 1. The van der Waals surface area contributed by atoms with Crippen molar-refractivity contribution in [2.24, 2.45) is 0 Å². The summed E-state index contributed by atoms with van der Waals surface area (Å²) in [6, 6.07) is 8.59. The van der Waals surface area contributed by atoms with Crippen LogP contribution >= 0.6 is 11.8 Å². The Morgan fingerprint density at radius 2 is 1.74 bits per heavy atom. The van der Waals surface area contributed by atoms with Crippen LogP contribution in [0.25, 0.3) is 0 Å². The SMILES string of the molecule is COC(=O)c1ccc(NC(=O)CSc2c(C)c(C)c(O)n2Cc2cc(OC)cc(OC)c2)nc1. The summed E-state index contributed by atoms with van der Waals surface area (Å²) in [5.41, 5.74) is 2.81. The molecular weight excluding hydrogens is 458 g/mol. The molecule has 3 rings (SSSR count). The fourth-order valence-electron chi connectivity index (χ4n) is 3.32. The molecule has 1 aromatic carbocycles. The van der Waals surface area contributed by atoms with E-state index in [1.807, 2.05) is 26.0 Å². The molecule has 0 atom stereocenters. The van der Waals surface area contributed by atoms with Crippen LogP contribution in [-0.2, 0) is 16.1 Å². The molecule has 0 spiro atoms. The molecule has 180 valence electrons. The van der Waals surface area contributed by atoms with Crippen molar-refractivity contribution in [2.75, 3.05) is 32.4 Å². The van der Waals surface area contributed by atoms with Gasteiger partial charge >= 0.3 is 5.97 Å². The highest BCUT2D eigenvalue weighted by Gasteiger charge is 2.19. The minimum Gasteiger partial charge on any atom is -0.497 e. The monoisotopic (exact) mass is 485 g/mol. The fraction of sp³-hybridized carbons (Fsp3) is 0.292. The maximum Gasteiger partial charge on any atom is 0.339 e. The predicted molar refractivity (Wildman–Crippen MR) is 129 cm³/mol. The number of carbonyl (C=O) groups is 2. The molecule has 9 nitrogen and oxygen atoms in total. The summed E-state index contributed by atoms with van der Waals surface area (Å²) in [6.45, 7) is 4.11. The van der Waals surface area contributed by atoms with E-state index < -0.39 is 5.97 Å². The standard InChI is InChI=1S/C24H27N3O6S/c1-14-15(2)23(27(22(14)29)12-16-8-18(31-3)10-19(9-16)32-4)34-13-21(28)26-20-7-6-17(11-25-20)24(30)33-5/h6-11,29H,12-13H2,1-5H3,(H,25,26,28). The molecule has 0 aliphatic rings. The Kier molecular flexibility index (Phi) is 8.06. The predicted octanol–water partition coefficient (Wildman–Crippen LogP) is 3.79. The Balaban J connectivity index is 1.75. The van der Waals surface area contributed by atoms with E-state index >= 15 is 0 Å². The van der Waals surface area contributed by atoms with E-state index in [0.29, 0.717) is 29.4 Å². The normalized spacial score (nSPS) is 10.6. The third kappa shape index (κ3) is 5.63. The Labute approximate surface area is 202 Å². The van der Waals surface area contributed by atoms with Gasteiger partial charge in [0.25, 0.3) is 0 Å². The Bertz CT molecular complexity index is 1170. The van der Waals surface area contributed by atoms with Crippen LogP contribution in [0, 0.1) is 13.8 Å². The second kappa shape index (κ2) is 11.0. The molecule has 0 saturated heterocycles. The first-order valence-electron chi connectivity index (χ1n) is 10.3. The minimum atomic E-state index is -0.499. The average Bonchev–Trinajstić information content (AvgIpc) is 3.05. The van der Waals surface area contributed by atoms with Crippen molar-refractivity contribution in [3.05, 3.63) is 58.8 Å². The van der Waals surface area contributed by atoms with Crippen LogP contribution in [-0.4, -0.2) is 53.6 Å². The highest BCUT2D eigenvalue weighted by atomic mass is 32.2. The van der Waals surface area contributed by atoms with Gasteiger partial charge in [-0.15, -0.1) is 0 Å². The third-order valence-electron chi connectivity index (χ3n) is 5.26. The van der Waals surface area contributed by atoms with Gasteiger partial charge in [-0.25, -0.2) is 9.78 Å². The molecule has 0 radical (unpaired) electrons. The summed E-state index contributed by atoms with van der Waals surface area (Å²) >= 11 is 1.31. The number of hydrogen-bond donors (Lipinski definition) is 2. The molecule has 34 heavy (non-hydrogen) atoms. The number of nitrogens with zero attached hydrogens (tertiary/aromatic N) is 2. The van der Waals surface area contributed by atoms with Crippen LogP contribution in [0.3, 0.4) is 0 Å². The number of nitrogens with one attached hydrogen (secondary N) is 1. The van der Waals surface area contributed by atoms with Gasteiger partial charge in [0.15, 0.2) is 5.88 Å². The molecule has 0 unspecified atom stereocenters. The molecule has 2 aromatic heterocycles. The summed E-state index contributed by atoms with van der Waals surface area (Å²) in [4.78, 5) is 28.1. The van der Waals surface area contributed by atoms with Crippen molar-refractivity contribution >= 4 is 29.5 Å². The second-order valence-electron chi connectivity index (χ2n) is 7.45. The van der Waals surface area contributed by atoms with Crippen LogP contribution in [0.2, 0.25) is 0 Å². The quantitative estimate of drug-likeness (QED) is 0.348. The summed E-state index contributed by atoms with van der Waals surface area (Å²) in [5, 5.41) is 14.2. The molecule has 0 bridgehead atoms. The van der Waals surface area contributed by atoms with Gasteiger partial charge in [0, 0.05) is 17.8 Å². The molecular formula is C24H27N3O6S. The summed E-state index contributed by atoms with van der Waals surface area (Å²) in [6.07, 6.45) is 1.34. The molecule has 0 aliphatic heterocycles. The van der Waals surface area contributed by atoms with E-state index in [9.17, 15) is 14.7 Å². The molecule has 0 aliphatic carbocycles. The largest absolute Gasteiger partial charge is 0.497 e. The molecule has 2 heterocycles. The van der Waals surface area contributed by atoms with Crippen LogP contribution in [0.15, 0.2) is 41.6 Å². The Hall–Kier alpha value is -3.66. The van der Waals surface area contributed by atoms with E-state index in [0.717, 1.165) is 21.7 Å². The number of benzene rings is 1. The number of anilines is 1. The number of rotatable bonds is 9. The number of carbonyl (C=O) groups excluding carboxylic acids is 2. The molecule has 3 aromatic rings. The number of hydrogen-bond acceptors (Lipinski definition) is 8. The lowest BCUT2D eigenvalue weighted by Gasteiger charge is -2.13. The number of methoxy groups -OCH3 is 3. The number of thioether (sulfide) groups is 1. The van der Waals surface area contributed by atoms with E-state index in [4.69, 9.17) is 9.47 Å². The number of amides is 1. The molecule has 2 N–H and O–H groups in total. The summed E-state index contributed by atoms with van der Waals surface area (Å²) in [5.74, 6) is 1.10. The minimum absolute atomic E-state index is 0.103. The average molecular weight is 486 g/mol. The first-order valence-corrected chi connectivity index (χ1v) is 11.3. The van der Waals surface area contributed by atoms with E-state index in [-0.39, 0.29) is 17.5 Å². The van der Waals surface area contributed by atoms with Gasteiger partial charge in [0.2, 0.25) is 5.91 Å². The van der Waals surface area contributed by atoms with Gasteiger partial charge in [-0.05, 0) is 49.2 Å².